The number of carbonyl (C=O) groups excluding carboxylic acids is 1. The lowest BCUT2D eigenvalue weighted by Crippen LogP contribution is -2.36. The summed E-state index contributed by atoms with van der Waals surface area (Å²) in [6, 6.07) is 5.47. The number of aromatic amines is 2. The Morgan fingerprint density at radius 1 is 1.09 bits per heavy atom. The zero-order chi connectivity index (χ0) is 26.1. The van der Waals surface area contributed by atoms with Crippen molar-refractivity contribution in [3.63, 3.8) is 0 Å². The molecular formula is C25H31N5O5. The number of aromatic nitrogens is 4. The van der Waals surface area contributed by atoms with Gasteiger partial charge < -0.3 is 9.72 Å². The van der Waals surface area contributed by atoms with Gasteiger partial charge in [-0.2, -0.15) is 4.68 Å². The van der Waals surface area contributed by atoms with Gasteiger partial charge in [0.25, 0.3) is 11.1 Å². The Balaban J connectivity index is 1.97. The first-order valence-electron chi connectivity index (χ1n) is 11.3. The molecule has 3 aromatic rings. The number of benzene rings is 1. The standard InChI is InChI=1S/C25H31N5O5/c1-13(2)18-10-16(12-26-21(18)31)11-19-14(3)8-17(9-15(19)4)30-23(33)28-22(32)20(29-30)27-24(34)35-25(5,6)7/h8-10,12-13H,11H2,1-7H3,(H,26,31)(H,27,29,34)(H,28,32,33). The van der Waals surface area contributed by atoms with E-state index in [2.05, 4.69) is 20.4 Å². The molecule has 0 aliphatic rings. The third-order valence-electron chi connectivity index (χ3n) is 5.37. The minimum absolute atomic E-state index is 0.0909. The van der Waals surface area contributed by atoms with Crippen LogP contribution in [0.5, 0.6) is 0 Å². The molecular weight excluding hydrogens is 450 g/mol. The predicted molar refractivity (Wildman–Crippen MR) is 134 cm³/mol. The third kappa shape index (κ3) is 6.14. The van der Waals surface area contributed by atoms with Crippen LogP contribution in [0.25, 0.3) is 5.69 Å². The summed E-state index contributed by atoms with van der Waals surface area (Å²) in [5.41, 5.74) is 2.54. The maximum atomic E-state index is 12.5. The molecule has 0 bridgehead atoms. The smallest absolute Gasteiger partial charge is 0.413 e. The highest BCUT2D eigenvalue weighted by Gasteiger charge is 2.19. The van der Waals surface area contributed by atoms with Crippen molar-refractivity contribution < 1.29 is 9.53 Å². The van der Waals surface area contributed by atoms with Crippen LogP contribution >= 0.6 is 0 Å². The van der Waals surface area contributed by atoms with E-state index in [-0.39, 0.29) is 17.3 Å². The van der Waals surface area contributed by atoms with E-state index in [1.807, 2.05) is 33.8 Å². The van der Waals surface area contributed by atoms with E-state index in [0.29, 0.717) is 12.1 Å². The van der Waals surface area contributed by atoms with Crippen molar-refractivity contribution >= 4 is 11.9 Å². The maximum absolute atomic E-state index is 12.5. The van der Waals surface area contributed by atoms with Crippen LogP contribution in [0, 0.1) is 13.8 Å². The quantitative estimate of drug-likeness (QED) is 0.511. The molecule has 0 fully saturated rings. The topological polar surface area (TPSA) is 139 Å². The molecule has 0 aliphatic heterocycles. The van der Waals surface area contributed by atoms with Crippen LogP contribution in [-0.4, -0.2) is 31.4 Å². The second kappa shape index (κ2) is 9.73. The number of rotatable bonds is 5. The highest BCUT2D eigenvalue weighted by atomic mass is 16.6. The Labute approximate surface area is 202 Å². The highest BCUT2D eigenvalue weighted by Crippen LogP contribution is 2.22. The van der Waals surface area contributed by atoms with E-state index in [0.717, 1.165) is 32.5 Å². The molecule has 0 atom stereocenters. The predicted octanol–water partition coefficient (Wildman–Crippen LogP) is 3.29. The zero-order valence-corrected chi connectivity index (χ0v) is 21.0. The van der Waals surface area contributed by atoms with Crippen molar-refractivity contribution in [2.45, 2.75) is 66.4 Å². The van der Waals surface area contributed by atoms with E-state index in [9.17, 15) is 19.2 Å². The molecule has 0 unspecified atom stereocenters. The molecule has 35 heavy (non-hydrogen) atoms. The number of nitrogens with one attached hydrogen (secondary N) is 3. The molecule has 3 N–H and O–H groups in total. The Bertz CT molecular complexity index is 1420. The summed E-state index contributed by atoms with van der Waals surface area (Å²) in [4.78, 5) is 53.8. The number of H-pyrrole nitrogens is 2. The van der Waals surface area contributed by atoms with Crippen molar-refractivity contribution in [3.05, 3.63) is 83.4 Å². The van der Waals surface area contributed by atoms with Gasteiger partial charge in [0, 0.05) is 11.8 Å². The molecule has 3 rings (SSSR count). The third-order valence-corrected chi connectivity index (χ3v) is 5.37. The van der Waals surface area contributed by atoms with Crippen LogP contribution < -0.4 is 22.1 Å². The molecule has 10 heteroatoms. The van der Waals surface area contributed by atoms with Gasteiger partial charge in [0.1, 0.15) is 5.60 Å². The van der Waals surface area contributed by atoms with Crippen molar-refractivity contribution in [2.75, 3.05) is 5.32 Å². The largest absolute Gasteiger partial charge is 0.444 e. The molecule has 2 heterocycles. The molecule has 186 valence electrons. The van der Waals surface area contributed by atoms with Crippen molar-refractivity contribution in [2.24, 2.45) is 0 Å². The lowest BCUT2D eigenvalue weighted by Gasteiger charge is -2.19. The number of amides is 1. The maximum Gasteiger partial charge on any atom is 0.413 e. The summed E-state index contributed by atoms with van der Waals surface area (Å²) in [6.07, 6.45) is 1.45. The van der Waals surface area contributed by atoms with Gasteiger partial charge in [0.05, 0.1) is 5.69 Å². The molecule has 0 radical (unpaired) electrons. The summed E-state index contributed by atoms with van der Waals surface area (Å²) >= 11 is 0. The first-order valence-corrected chi connectivity index (χ1v) is 11.3. The second-order valence-corrected chi connectivity index (χ2v) is 9.83. The van der Waals surface area contributed by atoms with Gasteiger partial charge in [0.15, 0.2) is 0 Å². The van der Waals surface area contributed by atoms with E-state index in [1.165, 1.54) is 0 Å². The van der Waals surface area contributed by atoms with Crippen molar-refractivity contribution in [1.29, 1.82) is 0 Å². The number of nitrogens with zero attached hydrogens (tertiary/aromatic N) is 2. The van der Waals surface area contributed by atoms with Crippen molar-refractivity contribution in [3.8, 4) is 5.69 Å². The normalized spacial score (nSPS) is 11.5. The van der Waals surface area contributed by atoms with Gasteiger partial charge in [-0.3, -0.25) is 19.9 Å². The molecule has 10 nitrogen and oxygen atoms in total. The SMILES string of the molecule is Cc1cc(-n2nc(NC(=O)OC(C)(C)C)c(=O)[nH]c2=O)cc(C)c1Cc1c[nH]c(=O)c(C(C)C)c1. The van der Waals surface area contributed by atoms with E-state index >= 15 is 0 Å². The Morgan fingerprint density at radius 3 is 2.29 bits per heavy atom. The molecule has 0 saturated carbocycles. The molecule has 2 aromatic heterocycles. The molecule has 0 spiro atoms. The molecule has 0 aliphatic carbocycles. The fourth-order valence-electron chi connectivity index (χ4n) is 3.71. The summed E-state index contributed by atoms with van der Waals surface area (Å²) in [5, 5.41) is 6.35. The monoisotopic (exact) mass is 481 g/mol. The summed E-state index contributed by atoms with van der Waals surface area (Å²) in [7, 11) is 0. The Morgan fingerprint density at radius 2 is 1.71 bits per heavy atom. The van der Waals surface area contributed by atoms with Gasteiger partial charge in [-0.15, -0.1) is 5.10 Å². The summed E-state index contributed by atoms with van der Waals surface area (Å²) in [5.74, 6) is -0.252. The number of pyridine rings is 1. The van der Waals surface area contributed by atoms with E-state index in [1.54, 1.807) is 39.1 Å². The molecule has 0 saturated heterocycles. The van der Waals surface area contributed by atoms with Gasteiger partial charge in [0.2, 0.25) is 5.82 Å². The van der Waals surface area contributed by atoms with Crippen LogP contribution in [0.4, 0.5) is 10.6 Å². The van der Waals surface area contributed by atoms with Gasteiger partial charge >= 0.3 is 11.8 Å². The number of carbonyl (C=O) groups is 1. The average molecular weight is 482 g/mol. The van der Waals surface area contributed by atoms with Crippen molar-refractivity contribution in [1.82, 2.24) is 19.7 Å². The second-order valence-electron chi connectivity index (χ2n) is 9.83. The fraction of sp³-hybridized carbons (Fsp3) is 0.400. The summed E-state index contributed by atoms with van der Waals surface area (Å²) in [6.45, 7) is 12.8. The van der Waals surface area contributed by atoms with E-state index in [4.69, 9.17) is 4.74 Å². The minimum atomic E-state index is -0.856. The lowest BCUT2D eigenvalue weighted by molar-refractivity contribution is 0.0634. The first-order chi connectivity index (χ1) is 16.2. The average Bonchev–Trinajstić information content (AvgIpc) is 2.72. The number of ether oxygens (including phenoxy) is 1. The van der Waals surface area contributed by atoms with Crippen LogP contribution in [0.3, 0.4) is 0 Å². The van der Waals surface area contributed by atoms with Gasteiger partial charge in [-0.1, -0.05) is 13.8 Å². The molecule has 1 aromatic carbocycles. The molecule has 1 amide bonds. The summed E-state index contributed by atoms with van der Waals surface area (Å²) < 4.78 is 6.18. The van der Waals surface area contributed by atoms with Crippen LogP contribution in [0.1, 0.15) is 68.4 Å². The first kappa shape index (κ1) is 25.7. The number of hydrogen-bond donors (Lipinski definition) is 3. The minimum Gasteiger partial charge on any atom is -0.444 e. The van der Waals surface area contributed by atoms with Gasteiger partial charge in [-0.25, -0.2) is 9.59 Å². The highest BCUT2D eigenvalue weighted by molar-refractivity contribution is 5.83. The van der Waals surface area contributed by atoms with E-state index < -0.39 is 22.9 Å². The Kier molecular flexibility index (Phi) is 7.14. The van der Waals surface area contributed by atoms with Crippen LogP contribution in [-0.2, 0) is 11.2 Å². The fourth-order valence-corrected chi connectivity index (χ4v) is 3.71. The lowest BCUT2D eigenvalue weighted by atomic mass is 9.94. The van der Waals surface area contributed by atoms with Crippen LogP contribution in [0.2, 0.25) is 0 Å². The van der Waals surface area contributed by atoms with Gasteiger partial charge in [-0.05, 0) is 87.4 Å². The van der Waals surface area contributed by atoms with Crippen LogP contribution in [0.15, 0.2) is 38.8 Å². The number of aryl methyl sites for hydroxylation is 2. The zero-order valence-electron chi connectivity index (χ0n) is 21.0. The number of anilines is 1. The number of hydrogen-bond acceptors (Lipinski definition) is 6. The Hall–Kier alpha value is -3.95.